The van der Waals surface area contributed by atoms with Crippen LogP contribution in [0.5, 0.6) is 0 Å². The third-order valence-corrected chi connectivity index (χ3v) is 4.01. The van der Waals surface area contributed by atoms with Gasteiger partial charge in [-0.15, -0.1) is 0 Å². The molecule has 0 fully saturated rings. The monoisotopic (exact) mass is 376 g/mol. The van der Waals surface area contributed by atoms with E-state index in [2.05, 4.69) is 15.5 Å². The highest BCUT2D eigenvalue weighted by molar-refractivity contribution is 6.43. The molecule has 1 aromatic carbocycles. The van der Waals surface area contributed by atoms with Gasteiger partial charge in [0.15, 0.2) is 0 Å². The summed E-state index contributed by atoms with van der Waals surface area (Å²) in [7, 11) is 0. The third-order valence-electron chi connectivity index (χ3n) is 3.19. The number of halogens is 2. The molecule has 0 radical (unpaired) electrons. The van der Waals surface area contributed by atoms with Crippen LogP contribution in [0.4, 0.5) is 11.5 Å². The van der Waals surface area contributed by atoms with Gasteiger partial charge in [-0.2, -0.15) is 5.10 Å². The zero-order valence-corrected chi connectivity index (χ0v) is 14.0. The first-order valence-electron chi connectivity index (χ1n) is 6.99. The normalized spacial score (nSPS) is 11.0. The van der Waals surface area contributed by atoms with Crippen molar-refractivity contribution >= 4 is 40.9 Å². The van der Waals surface area contributed by atoms with Crippen LogP contribution in [0.15, 0.2) is 58.2 Å². The molecule has 0 bridgehead atoms. The summed E-state index contributed by atoms with van der Waals surface area (Å²) in [6, 6.07) is 11.4. The number of rotatable bonds is 5. The molecule has 0 atom stereocenters. The van der Waals surface area contributed by atoms with Crippen LogP contribution in [0, 0.1) is 10.1 Å². The molecule has 2 heterocycles. The van der Waals surface area contributed by atoms with Crippen LogP contribution in [0.3, 0.4) is 0 Å². The van der Waals surface area contributed by atoms with Gasteiger partial charge in [-0.3, -0.25) is 15.5 Å². The lowest BCUT2D eigenvalue weighted by atomic mass is 10.2. The Kier molecular flexibility index (Phi) is 4.97. The second-order valence-corrected chi connectivity index (χ2v) is 5.59. The van der Waals surface area contributed by atoms with Crippen LogP contribution >= 0.6 is 23.2 Å². The molecule has 7 nitrogen and oxygen atoms in total. The van der Waals surface area contributed by atoms with Crippen LogP contribution < -0.4 is 5.43 Å². The van der Waals surface area contributed by atoms with Gasteiger partial charge in [-0.25, -0.2) is 4.98 Å². The van der Waals surface area contributed by atoms with Crippen molar-refractivity contribution in [2.45, 2.75) is 0 Å². The van der Waals surface area contributed by atoms with Crippen molar-refractivity contribution in [2.75, 3.05) is 5.43 Å². The molecule has 1 N–H and O–H groups in total. The highest BCUT2D eigenvalue weighted by Crippen LogP contribution is 2.34. The first kappa shape index (κ1) is 16.9. The fraction of sp³-hybridized carbons (Fsp3) is 0. The summed E-state index contributed by atoms with van der Waals surface area (Å²) >= 11 is 12.1. The second kappa shape index (κ2) is 7.33. The second-order valence-electron chi connectivity index (χ2n) is 4.80. The molecule has 0 spiro atoms. The van der Waals surface area contributed by atoms with Crippen molar-refractivity contribution < 1.29 is 9.34 Å². The van der Waals surface area contributed by atoms with E-state index in [1.807, 2.05) is 0 Å². The van der Waals surface area contributed by atoms with Crippen molar-refractivity contribution in [3.05, 3.63) is 74.6 Å². The highest BCUT2D eigenvalue weighted by Gasteiger charge is 2.13. The smallest absolute Gasteiger partial charge is 0.313 e. The van der Waals surface area contributed by atoms with Crippen LogP contribution in [0.2, 0.25) is 10.0 Å². The maximum Gasteiger partial charge on any atom is 0.313 e. The Morgan fingerprint density at radius 1 is 1.20 bits per heavy atom. The number of aromatic nitrogens is 1. The number of nitro groups is 1. The van der Waals surface area contributed by atoms with E-state index in [-0.39, 0.29) is 11.5 Å². The summed E-state index contributed by atoms with van der Waals surface area (Å²) < 4.78 is 5.63. The summed E-state index contributed by atoms with van der Waals surface area (Å²) in [4.78, 5) is 14.2. The molecule has 0 aliphatic carbocycles. The van der Waals surface area contributed by atoms with Gasteiger partial charge in [0.25, 0.3) is 0 Å². The van der Waals surface area contributed by atoms with Crippen molar-refractivity contribution in [2.24, 2.45) is 5.10 Å². The van der Waals surface area contributed by atoms with Crippen molar-refractivity contribution in [3.8, 4) is 11.3 Å². The Bertz CT molecular complexity index is 956. The van der Waals surface area contributed by atoms with Gasteiger partial charge in [0.05, 0.1) is 21.2 Å². The van der Waals surface area contributed by atoms with Crippen LogP contribution in [-0.4, -0.2) is 16.1 Å². The van der Waals surface area contributed by atoms with Gasteiger partial charge in [-0.05, 0) is 30.3 Å². The number of benzene rings is 1. The molecular weight excluding hydrogens is 367 g/mol. The zero-order chi connectivity index (χ0) is 17.8. The average molecular weight is 377 g/mol. The molecule has 25 heavy (non-hydrogen) atoms. The minimum atomic E-state index is -0.545. The Morgan fingerprint density at radius 3 is 2.84 bits per heavy atom. The van der Waals surface area contributed by atoms with Crippen molar-refractivity contribution in [1.82, 2.24) is 4.98 Å². The van der Waals surface area contributed by atoms with Gasteiger partial charge in [-0.1, -0.05) is 29.3 Å². The lowest BCUT2D eigenvalue weighted by Crippen LogP contribution is -1.98. The number of nitrogens with zero attached hydrogens (tertiary/aromatic N) is 3. The Balaban J connectivity index is 1.77. The SMILES string of the molecule is O=[N+]([O-])c1cccnc1N/N=C/c1ccc(-c2cccc(Cl)c2Cl)o1. The molecule has 3 aromatic rings. The number of hydrogen-bond donors (Lipinski definition) is 1. The minimum Gasteiger partial charge on any atom is -0.455 e. The van der Waals surface area contributed by atoms with E-state index in [9.17, 15) is 10.1 Å². The van der Waals surface area contributed by atoms with Gasteiger partial charge in [0.2, 0.25) is 5.82 Å². The summed E-state index contributed by atoms with van der Waals surface area (Å²) in [6.45, 7) is 0. The fourth-order valence-corrected chi connectivity index (χ4v) is 2.44. The lowest BCUT2D eigenvalue weighted by molar-refractivity contribution is -0.384. The van der Waals surface area contributed by atoms with E-state index in [4.69, 9.17) is 27.6 Å². The Morgan fingerprint density at radius 2 is 2.04 bits per heavy atom. The molecular formula is C16H10Cl2N4O3. The molecule has 0 saturated carbocycles. The Hall–Kier alpha value is -2.90. The number of hydrazone groups is 1. The number of anilines is 1. The van der Waals surface area contributed by atoms with E-state index >= 15 is 0 Å². The van der Waals surface area contributed by atoms with Gasteiger partial charge in [0, 0.05) is 17.8 Å². The summed E-state index contributed by atoms with van der Waals surface area (Å²) in [5, 5.41) is 15.6. The number of nitrogens with one attached hydrogen (secondary N) is 1. The predicted molar refractivity (Wildman–Crippen MR) is 96.3 cm³/mol. The Labute approximate surface area is 152 Å². The van der Waals surface area contributed by atoms with Crippen molar-refractivity contribution in [1.29, 1.82) is 0 Å². The van der Waals surface area contributed by atoms with Gasteiger partial charge in [0.1, 0.15) is 11.5 Å². The maximum absolute atomic E-state index is 10.9. The van der Waals surface area contributed by atoms with Crippen LogP contribution in [-0.2, 0) is 0 Å². The number of pyridine rings is 1. The van der Waals surface area contributed by atoms with E-state index in [0.717, 1.165) is 0 Å². The predicted octanol–water partition coefficient (Wildman–Crippen LogP) is 5.00. The minimum absolute atomic E-state index is 0.0356. The molecule has 2 aromatic heterocycles. The quantitative estimate of drug-likeness (QED) is 0.384. The molecule has 0 saturated heterocycles. The van der Waals surface area contributed by atoms with E-state index in [1.165, 1.54) is 24.5 Å². The molecule has 126 valence electrons. The fourth-order valence-electron chi connectivity index (χ4n) is 2.05. The summed E-state index contributed by atoms with van der Waals surface area (Å²) in [5.41, 5.74) is 3.00. The van der Waals surface area contributed by atoms with Crippen molar-refractivity contribution in [3.63, 3.8) is 0 Å². The average Bonchev–Trinajstić information content (AvgIpc) is 3.06. The molecule has 0 unspecified atom stereocenters. The molecule has 3 rings (SSSR count). The summed E-state index contributed by atoms with van der Waals surface area (Å²) in [5.74, 6) is 0.989. The molecule has 9 heteroatoms. The first-order chi connectivity index (χ1) is 12.1. The maximum atomic E-state index is 10.9. The molecule has 0 amide bonds. The van der Waals surface area contributed by atoms with Gasteiger partial charge < -0.3 is 4.42 Å². The largest absolute Gasteiger partial charge is 0.455 e. The van der Waals surface area contributed by atoms with E-state index < -0.39 is 4.92 Å². The standard InChI is InChI=1S/C16H10Cl2N4O3/c17-12-4-1-3-11(15(12)18)14-7-6-10(25-14)9-20-21-16-13(22(23)24)5-2-8-19-16/h1-9H,(H,19,21)/b20-9+. The number of hydrogen-bond acceptors (Lipinski definition) is 6. The third kappa shape index (κ3) is 3.78. The van der Waals surface area contributed by atoms with Crippen LogP contribution in [0.1, 0.15) is 5.76 Å². The van der Waals surface area contributed by atoms with E-state index in [1.54, 1.807) is 30.3 Å². The van der Waals surface area contributed by atoms with E-state index in [0.29, 0.717) is 27.1 Å². The number of furan rings is 1. The van der Waals surface area contributed by atoms with Crippen LogP contribution in [0.25, 0.3) is 11.3 Å². The first-order valence-corrected chi connectivity index (χ1v) is 7.74. The van der Waals surface area contributed by atoms with Gasteiger partial charge >= 0.3 is 5.69 Å². The zero-order valence-electron chi connectivity index (χ0n) is 12.5. The molecule has 0 aliphatic heterocycles. The highest BCUT2D eigenvalue weighted by atomic mass is 35.5. The lowest BCUT2D eigenvalue weighted by Gasteiger charge is -2.02. The summed E-state index contributed by atoms with van der Waals surface area (Å²) in [6.07, 6.45) is 2.80. The topological polar surface area (TPSA) is 93.6 Å². The molecule has 0 aliphatic rings.